The third-order valence-electron chi connectivity index (χ3n) is 4.04. The van der Waals surface area contributed by atoms with Gasteiger partial charge >= 0.3 is 0 Å². The van der Waals surface area contributed by atoms with E-state index in [1.165, 1.54) is 0 Å². The number of benzene rings is 2. The van der Waals surface area contributed by atoms with Gasteiger partial charge in [-0.1, -0.05) is 11.6 Å². The van der Waals surface area contributed by atoms with Crippen LogP contribution in [0.25, 0.3) is 22.2 Å². The number of rotatable bonds is 2. The van der Waals surface area contributed by atoms with Crippen molar-refractivity contribution in [3.8, 4) is 28.5 Å². The Morgan fingerprint density at radius 2 is 1.78 bits per heavy atom. The normalized spacial score (nSPS) is 12.3. The lowest BCUT2D eigenvalue weighted by atomic mass is 10.00. The van der Waals surface area contributed by atoms with Crippen LogP contribution < -0.4 is 14.2 Å². The summed E-state index contributed by atoms with van der Waals surface area (Å²) in [6.07, 6.45) is 0. The van der Waals surface area contributed by atoms with Crippen molar-refractivity contribution in [1.29, 1.82) is 0 Å². The Hall–Kier alpha value is -2.46. The van der Waals surface area contributed by atoms with Crippen LogP contribution in [0.15, 0.2) is 36.4 Å². The van der Waals surface area contributed by atoms with Crippen LogP contribution in [0.2, 0.25) is 5.02 Å². The second kappa shape index (κ2) is 5.32. The Morgan fingerprint density at radius 1 is 1.04 bits per heavy atom. The SMILES string of the molecule is COc1ccc2c(c1)-c1nc3ccc(OC)cc3c(Cl)c1CO2. The van der Waals surface area contributed by atoms with E-state index < -0.39 is 0 Å². The maximum atomic E-state index is 6.62. The van der Waals surface area contributed by atoms with Crippen LogP contribution >= 0.6 is 11.6 Å². The highest BCUT2D eigenvalue weighted by Gasteiger charge is 2.23. The van der Waals surface area contributed by atoms with E-state index in [1.54, 1.807) is 14.2 Å². The first-order valence-corrected chi connectivity index (χ1v) is 7.56. The van der Waals surface area contributed by atoms with E-state index >= 15 is 0 Å². The molecule has 0 bridgehead atoms. The van der Waals surface area contributed by atoms with Crippen molar-refractivity contribution in [2.45, 2.75) is 6.61 Å². The average Bonchev–Trinajstić information content (AvgIpc) is 2.61. The molecule has 0 N–H and O–H groups in total. The van der Waals surface area contributed by atoms with Gasteiger partial charge in [0.2, 0.25) is 0 Å². The summed E-state index contributed by atoms with van der Waals surface area (Å²) < 4.78 is 16.4. The van der Waals surface area contributed by atoms with Crippen molar-refractivity contribution in [3.63, 3.8) is 0 Å². The molecule has 4 rings (SSSR count). The van der Waals surface area contributed by atoms with Crippen LogP contribution in [0.4, 0.5) is 0 Å². The minimum absolute atomic E-state index is 0.396. The van der Waals surface area contributed by atoms with Crippen LogP contribution in [-0.2, 0) is 6.61 Å². The van der Waals surface area contributed by atoms with Gasteiger partial charge in [0.1, 0.15) is 23.9 Å². The Morgan fingerprint density at radius 3 is 2.57 bits per heavy atom. The summed E-state index contributed by atoms with van der Waals surface area (Å²) in [4.78, 5) is 4.79. The van der Waals surface area contributed by atoms with E-state index in [4.69, 9.17) is 30.8 Å². The van der Waals surface area contributed by atoms with Gasteiger partial charge in [0, 0.05) is 16.5 Å². The van der Waals surface area contributed by atoms with Crippen molar-refractivity contribution in [1.82, 2.24) is 4.98 Å². The predicted octanol–water partition coefficient (Wildman–Crippen LogP) is 4.46. The molecule has 3 aromatic rings. The number of nitrogens with zero attached hydrogens (tertiary/aromatic N) is 1. The van der Waals surface area contributed by atoms with E-state index in [9.17, 15) is 0 Å². The predicted molar refractivity (Wildman–Crippen MR) is 89.6 cm³/mol. The summed E-state index contributed by atoms with van der Waals surface area (Å²) in [6.45, 7) is 0.396. The van der Waals surface area contributed by atoms with Crippen molar-refractivity contribution in [2.24, 2.45) is 0 Å². The summed E-state index contributed by atoms with van der Waals surface area (Å²) >= 11 is 6.62. The van der Waals surface area contributed by atoms with Crippen LogP contribution in [0, 0.1) is 0 Å². The molecule has 0 atom stereocenters. The Bertz CT molecular complexity index is 924. The highest BCUT2D eigenvalue weighted by atomic mass is 35.5. The van der Waals surface area contributed by atoms with Gasteiger partial charge in [-0.2, -0.15) is 0 Å². The third kappa shape index (κ3) is 2.18. The number of pyridine rings is 1. The number of hydrogen-bond donors (Lipinski definition) is 0. The van der Waals surface area contributed by atoms with Gasteiger partial charge in [-0.05, 0) is 36.4 Å². The number of aromatic nitrogens is 1. The highest BCUT2D eigenvalue weighted by Crippen LogP contribution is 2.43. The molecule has 0 radical (unpaired) electrons. The van der Waals surface area contributed by atoms with E-state index in [0.717, 1.165) is 45.0 Å². The van der Waals surface area contributed by atoms with Crippen LogP contribution in [-0.4, -0.2) is 19.2 Å². The monoisotopic (exact) mass is 327 g/mol. The van der Waals surface area contributed by atoms with Crippen molar-refractivity contribution >= 4 is 22.5 Å². The first-order valence-electron chi connectivity index (χ1n) is 7.18. The molecule has 0 amide bonds. The van der Waals surface area contributed by atoms with Gasteiger partial charge < -0.3 is 14.2 Å². The average molecular weight is 328 g/mol. The van der Waals surface area contributed by atoms with Crippen molar-refractivity contribution < 1.29 is 14.2 Å². The minimum Gasteiger partial charge on any atom is -0.497 e. The fraction of sp³-hybridized carbons (Fsp3) is 0.167. The molecule has 0 fully saturated rings. The zero-order valence-electron chi connectivity index (χ0n) is 12.7. The molecule has 23 heavy (non-hydrogen) atoms. The lowest BCUT2D eigenvalue weighted by molar-refractivity contribution is 0.301. The molecule has 0 aliphatic carbocycles. The quantitative estimate of drug-likeness (QED) is 0.696. The van der Waals surface area contributed by atoms with E-state index in [2.05, 4.69) is 0 Å². The first-order chi connectivity index (χ1) is 11.2. The smallest absolute Gasteiger partial charge is 0.129 e. The van der Waals surface area contributed by atoms with Crippen molar-refractivity contribution in [2.75, 3.05) is 14.2 Å². The standard InChI is InChI=1S/C18H14ClNO3/c1-21-10-3-5-15-12(7-10)17(19)14-9-23-16-6-4-11(22-2)8-13(16)18(14)20-15/h3-8H,9H2,1-2H3. The number of ether oxygens (including phenoxy) is 3. The van der Waals surface area contributed by atoms with Gasteiger partial charge in [-0.25, -0.2) is 4.98 Å². The summed E-state index contributed by atoms with van der Waals surface area (Å²) in [5, 5.41) is 1.51. The van der Waals surface area contributed by atoms with Gasteiger partial charge in [-0.15, -0.1) is 0 Å². The van der Waals surface area contributed by atoms with Gasteiger partial charge in [-0.3, -0.25) is 0 Å². The maximum absolute atomic E-state index is 6.62. The zero-order valence-corrected chi connectivity index (χ0v) is 13.5. The molecule has 5 heteroatoms. The Balaban J connectivity index is 2.00. The first kappa shape index (κ1) is 14.2. The third-order valence-corrected chi connectivity index (χ3v) is 4.47. The number of halogens is 1. The van der Waals surface area contributed by atoms with Crippen LogP contribution in [0.5, 0.6) is 17.2 Å². The molecule has 1 aliphatic heterocycles. The molecular formula is C18H14ClNO3. The molecule has 4 nitrogen and oxygen atoms in total. The summed E-state index contributed by atoms with van der Waals surface area (Å²) in [5.74, 6) is 2.29. The largest absolute Gasteiger partial charge is 0.497 e. The molecule has 2 heterocycles. The molecule has 0 unspecified atom stereocenters. The van der Waals surface area contributed by atoms with Crippen LogP contribution in [0.1, 0.15) is 5.56 Å². The van der Waals surface area contributed by atoms with E-state index in [1.807, 2.05) is 36.4 Å². The molecule has 1 aliphatic rings. The molecule has 0 spiro atoms. The number of methoxy groups -OCH3 is 2. The van der Waals surface area contributed by atoms with Crippen molar-refractivity contribution in [3.05, 3.63) is 47.0 Å². The second-order valence-electron chi connectivity index (χ2n) is 5.29. The van der Waals surface area contributed by atoms with Gasteiger partial charge in [0.05, 0.1) is 30.5 Å². The zero-order chi connectivity index (χ0) is 16.0. The minimum atomic E-state index is 0.396. The fourth-order valence-electron chi connectivity index (χ4n) is 2.82. The molecule has 0 saturated heterocycles. The summed E-state index contributed by atoms with van der Waals surface area (Å²) in [6, 6.07) is 11.4. The summed E-state index contributed by atoms with van der Waals surface area (Å²) in [5.41, 5.74) is 3.44. The number of fused-ring (bicyclic) bond motifs is 4. The van der Waals surface area contributed by atoms with Gasteiger partial charge in [0.15, 0.2) is 0 Å². The Kier molecular flexibility index (Phi) is 3.27. The molecule has 0 saturated carbocycles. The van der Waals surface area contributed by atoms with Crippen LogP contribution in [0.3, 0.4) is 0 Å². The maximum Gasteiger partial charge on any atom is 0.129 e. The topological polar surface area (TPSA) is 40.6 Å². The summed E-state index contributed by atoms with van der Waals surface area (Å²) in [7, 11) is 3.27. The lowest BCUT2D eigenvalue weighted by Crippen LogP contribution is -2.08. The molecule has 2 aromatic carbocycles. The lowest BCUT2D eigenvalue weighted by Gasteiger charge is -2.22. The Labute approximate surface area is 138 Å². The second-order valence-corrected chi connectivity index (χ2v) is 5.66. The molecule has 1 aromatic heterocycles. The molecule has 116 valence electrons. The fourth-order valence-corrected chi connectivity index (χ4v) is 3.12. The highest BCUT2D eigenvalue weighted by molar-refractivity contribution is 6.36. The number of hydrogen-bond acceptors (Lipinski definition) is 4. The van der Waals surface area contributed by atoms with E-state index in [-0.39, 0.29) is 0 Å². The van der Waals surface area contributed by atoms with Gasteiger partial charge in [0.25, 0.3) is 0 Å². The molecular weight excluding hydrogens is 314 g/mol. The van der Waals surface area contributed by atoms with E-state index in [0.29, 0.717) is 11.6 Å².